The fraction of sp³-hybridized carbons (Fsp3) is 0.375. The zero-order chi connectivity index (χ0) is 28.5. The summed E-state index contributed by atoms with van der Waals surface area (Å²) in [5, 5.41) is 20.0. The number of hydrogen-bond acceptors (Lipinski definition) is 7. The molecule has 38 heavy (non-hydrogen) atoms. The van der Waals surface area contributed by atoms with Gasteiger partial charge < -0.3 is 19.6 Å². The maximum atomic E-state index is 14.5. The van der Waals surface area contributed by atoms with Crippen molar-refractivity contribution in [2.45, 2.75) is 43.8 Å². The quantitative estimate of drug-likeness (QED) is 0.247. The van der Waals surface area contributed by atoms with Gasteiger partial charge in [-0.3, -0.25) is 0 Å². The van der Waals surface area contributed by atoms with Crippen LogP contribution in [0.2, 0.25) is 0 Å². The van der Waals surface area contributed by atoms with Gasteiger partial charge in [-0.1, -0.05) is 17.7 Å². The van der Waals surface area contributed by atoms with Crippen LogP contribution in [0.3, 0.4) is 0 Å². The van der Waals surface area contributed by atoms with Crippen molar-refractivity contribution in [1.29, 1.82) is 0 Å². The van der Waals surface area contributed by atoms with Gasteiger partial charge in [-0.2, -0.15) is 26.3 Å². The molecule has 0 amide bonds. The van der Waals surface area contributed by atoms with E-state index in [1.807, 2.05) is 0 Å². The molecule has 2 atom stereocenters. The highest BCUT2D eigenvalue weighted by atomic mass is 19.4. The van der Waals surface area contributed by atoms with E-state index >= 15 is 0 Å². The smallest absolute Gasteiger partial charge is 0.415 e. The van der Waals surface area contributed by atoms with Gasteiger partial charge in [0.2, 0.25) is 0 Å². The zero-order valence-electron chi connectivity index (χ0n) is 20.3. The number of hydrogen-bond donors (Lipinski definition) is 2. The molecule has 14 heteroatoms. The number of benzene rings is 1. The molecule has 2 heterocycles. The van der Waals surface area contributed by atoms with E-state index in [4.69, 9.17) is 9.15 Å². The predicted molar refractivity (Wildman–Crippen MR) is 121 cm³/mol. The molecule has 0 saturated carbocycles. The Morgan fingerprint density at radius 1 is 1.13 bits per heavy atom. The van der Waals surface area contributed by atoms with Crippen molar-refractivity contribution in [3.8, 4) is 11.6 Å². The zero-order valence-corrected chi connectivity index (χ0v) is 20.3. The molecular formula is C24H23F7N4O3. The third kappa shape index (κ3) is 5.36. The first-order valence-corrected chi connectivity index (χ1v) is 11.0. The Labute approximate surface area is 212 Å². The number of pyridine rings is 1. The molecule has 0 spiro atoms. The molecule has 0 aliphatic heterocycles. The summed E-state index contributed by atoms with van der Waals surface area (Å²) in [6, 6.07) is 3.37. The van der Waals surface area contributed by atoms with Crippen molar-refractivity contribution < 1.29 is 45.0 Å². The topological polar surface area (TPSA) is 93.3 Å². The van der Waals surface area contributed by atoms with E-state index in [0.29, 0.717) is 6.07 Å². The maximum absolute atomic E-state index is 14.5. The molecule has 7 nitrogen and oxygen atoms in total. The first kappa shape index (κ1) is 29.0. The van der Waals surface area contributed by atoms with Gasteiger partial charge in [0.1, 0.15) is 5.82 Å². The summed E-state index contributed by atoms with van der Waals surface area (Å²) in [5.74, 6) is -3.61. The first-order valence-electron chi connectivity index (χ1n) is 11.0. The molecule has 1 aromatic carbocycles. The fourth-order valence-corrected chi connectivity index (χ4v) is 3.76. The molecule has 2 N–H and O–H groups in total. The van der Waals surface area contributed by atoms with E-state index in [0.717, 1.165) is 12.1 Å². The van der Waals surface area contributed by atoms with Crippen molar-refractivity contribution in [2.24, 2.45) is 0 Å². The minimum atomic E-state index is -5.53. The number of allylic oxidation sites excluding steroid dienone is 1. The average Bonchev–Trinajstić information content (AvgIpc) is 3.34. The molecule has 0 radical (unpaired) electrons. The molecule has 2 unspecified atom stereocenters. The van der Waals surface area contributed by atoms with Gasteiger partial charge in [-0.05, 0) is 38.0 Å². The van der Waals surface area contributed by atoms with Gasteiger partial charge in [-0.25, -0.2) is 9.37 Å². The Bertz CT molecular complexity index is 1310. The minimum absolute atomic E-state index is 0.0595. The molecule has 3 aromatic rings. The van der Waals surface area contributed by atoms with Crippen LogP contribution in [-0.4, -0.2) is 40.6 Å². The molecule has 0 aliphatic carbocycles. The highest BCUT2D eigenvalue weighted by Gasteiger charge is 2.61. The fourth-order valence-electron chi connectivity index (χ4n) is 3.76. The summed E-state index contributed by atoms with van der Waals surface area (Å²) in [6.45, 7) is 4.90. The van der Waals surface area contributed by atoms with E-state index in [9.17, 15) is 35.8 Å². The number of nitrogens with zero attached hydrogens (tertiary/aromatic N) is 3. The number of ether oxygens (including phenoxy) is 1. The lowest BCUT2D eigenvalue weighted by atomic mass is 9.91. The monoisotopic (exact) mass is 548 g/mol. The number of alkyl halides is 6. The molecule has 0 saturated heterocycles. The Balaban J connectivity index is 2.25. The summed E-state index contributed by atoms with van der Waals surface area (Å²) < 4.78 is 109. The van der Waals surface area contributed by atoms with Gasteiger partial charge >= 0.3 is 12.4 Å². The summed E-state index contributed by atoms with van der Waals surface area (Å²) in [7, 11) is 2.42. The second-order valence-electron chi connectivity index (χ2n) is 8.26. The molecule has 206 valence electrons. The van der Waals surface area contributed by atoms with E-state index < -0.39 is 64.2 Å². The lowest BCUT2D eigenvalue weighted by Crippen LogP contribution is -2.44. The van der Waals surface area contributed by atoms with Crippen molar-refractivity contribution in [3.63, 3.8) is 0 Å². The number of aryl methyl sites for hydroxylation is 1. The lowest BCUT2D eigenvalue weighted by molar-refractivity contribution is -0.256. The Morgan fingerprint density at radius 2 is 1.82 bits per heavy atom. The van der Waals surface area contributed by atoms with Crippen LogP contribution in [0.4, 0.5) is 36.4 Å². The normalized spacial score (nSPS) is 14.7. The third-order valence-electron chi connectivity index (χ3n) is 5.71. The number of methoxy groups -OCH3 is 1. The van der Waals surface area contributed by atoms with Crippen molar-refractivity contribution in [3.05, 3.63) is 71.0 Å². The number of nitrogens with one attached hydrogen (secondary N) is 1. The Kier molecular flexibility index (Phi) is 8.17. The van der Waals surface area contributed by atoms with Crippen LogP contribution in [0.25, 0.3) is 11.6 Å². The lowest BCUT2D eigenvalue weighted by Gasteiger charge is -2.28. The van der Waals surface area contributed by atoms with E-state index in [1.165, 1.54) is 33.2 Å². The summed E-state index contributed by atoms with van der Waals surface area (Å²) in [5.41, 5.74) is -7.56. The van der Waals surface area contributed by atoms with Crippen molar-refractivity contribution in [1.82, 2.24) is 15.2 Å². The highest BCUT2D eigenvalue weighted by Crippen LogP contribution is 2.46. The summed E-state index contributed by atoms with van der Waals surface area (Å²) in [6.07, 6.45) is -9.77. The van der Waals surface area contributed by atoms with Gasteiger partial charge in [-0.15, -0.1) is 16.8 Å². The van der Waals surface area contributed by atoms with Crippen molar-refractivity contribution >= 4 is 5.69 Å². The maximum Gasteiger partial charge on any atom is 0.430 e. The van der Waals surface area contributed by atoms with E-state index in [-0.39, 0.29) is 24.1 Å². The molecule has 3 rings (SSSR count). The SMILES string of the molecule is C=CCCC(OC)c1nc(-c2nnc(C(O)(c3cc(C)ccc3F)C(F)(F)F)o2)c(NC)cc1C(F)(F)F. The van der Waals surface area contributed by atoms with E-state index in [2.05, 4.69) is 27.1 Å². The van der Waals surface area contributed by atoms with Crippen LogP contribution in [-0.2, 0) is 16.5 Å². The number of rotatable bonds is 9. The predicted octanol–water partition coefficient (Wildman–Crippen LogP) is 6.09. The van der Waals surface area contributed by atoms with Crippen LogP contribution in [0, 0.1) is 12.7 Å². The largest absolute Gasteiger partial charge is 0.430 e. The van der Waals surface area contributed by atoms with Crippen LogP contribution in [0.1, 0.15) is 47.2 Å². The minimum Gasteiger partial charge on any atom is -0.415 e. The summed E-state index contributed by atoms with van der Waals surface area (Å²) >= 11 is 0. The van der Waals surface area contributed by atoms with Crippen LogP contribution in [0.5, 0.6) is 0 Å². The molecule has 0 fully saturated rings. The Morgan fingerprint density at radius 3 is 2.37 bits per heavy atom. The molecule has 2 aromatic heterocycles. The van der Waals surface area contributed by atoms with Crippen LogP contribution in [0.15, 0.2) is 41.3 Å². The number of halogens is 7. The van der Waals surface area contributed by atoms with Gasteiger partial charge in [0.25, 0.3) is 17.4 Å². The molecule has 0 aliphatic rings. The average molecular weight is 548 g/mol. The Hall–Kier alpha value is -3.52. The second-order valence-corrected chi connectivity index (χ2v) is 8.26. The van der Waals surface area contributed by atoms with Crippen LogP contribution >= 0.6 is 0 Å². The number of aliphatic hydroxyl groups is 1. The van der Waals surface area contributed by atoms with E-state index in [1.54, 1.807) is 0 Å². The summed E-state index contributed by atoms with van der Waals surface area (Å²) in [4.78, 5) is 3.99. The number of aromatic nitrogens is 3. The van der Waals surface area contributed by atoms with Gasteiger partial charge in [0, 0.05) is 19.7 Å². The molecule has 0 bridgehead atoms. The van der Waals surface area contributed by atoms with Crippen LogP contribution < -0.4 is 5.32 Å². The second kappa shape index (κ2) is 10.7. The standard InChI is InChI=1S/C24H23F7N4O3/c1-5-6-7-17(37-4)18-14(23(26,27)28)11-16(32-3)19(33-18)20-34-35-21(38-20)22(36,24(29,30)31)13-10-12(2)8-9-15(13)25/h5,8-11,17,32,36H,1,6-7H2,2-4H3. The van der Waals surface area contributed by atoms with Gasteiger partial charge in [0.05, 0.1) is 23.0 Å². The first-order chi connectivity index (χ1) is 17.7. The third-order valence-corrected chi connectivity index (χ3v) is 5.71. The van der Waals surface area contributed by atoms with Crippen molar-refractivity contribution in [2.75, 3.05) is 19.5 Å². The highest BCUT2D eigenvalue weighted by molar-refractivity contribution is 5.70. The number of anilines is 1. The van der Waals surface area contributed by atoms with Gasteiger partial charge in [0.15, 0.2) is 5.69 Å². The molecular weight excluding hydrogens is 525 g/mol.